The first-order valence-electron chi connectivity index (χ1n) is 11.0. The van der Waals surface area contributed by atoms with Crippen molar-refractivity contribution in [3.8, 4) is 5.75 Å². The topological polar surface area (TPSA) is 75.7 Å². The van der Waals surface area contributed by atoms with Crippen LogP contribution in [0.3, 0.4) is 0 Å². The van der Waals surface area contributed by atoms with Crippen molar-refractivity contribution in [2.45, 2.75) is 57.5 Å². The maximum atomic E-state index is 13.4. The second kappa shape index (κ2) is 10.2. The highest BCUT2D eigenvalue weighted by molar-refractivity contribution is 7.92. The van der Waals surface area contributed by atoms with E-state index in [0.29, 0.717) is 23.9 Å². The molecule has 1 heterocycles. The summed E-state index contributed by atoms with van der Waals surface area (Å²) in [6, 6.07) is 13.6. The SMILES string of the molecule is CCCC[C@H](CC)CNC(=O)[C@@H]1CN(S(=O)(=O)c2ccccc2)c2cc(C)ccc2O1. The van der Waals surface area contributed by atoms with Gasteiger partial charge < -0.3 is 10.1 Å². The third-order valence-electron chi connectivity index (χ3n) is 5.72. The van der Waals surface area contributed by atoms with Crippen LogP contribution >= 0.6 is 0 Å². The Morgan fingerprint density at radius 1 is 1.19 bits per heavy atom. The lowest BCUT2D eigenvalue weighted by atomic mass is 9.99. The summed E-state index contributed by atoms with van der Waals surface area (Å²) in [6.45, 7) is 6.68. The summed E-state index contributed by atoms with van der Waals surface area (Å²) < 4.78 is 34.0. The Morgan fingerprint density at radius 2 is 1.94 bits per heavy atom. The fourth-order valence-electron chi connectivity index (χ4n) is 3.75. The molecule has 31 heavy (non-hydrogen) atoms. The zero-order valence-corrected chi connectivity index (χ0v) is 19.3. The molecule has 2 aromatic rings. The van der Waals surface area contributed by atoms with Crippen molar-refractivity contribution in [3.05, 3.63) is 54.1 Å². The quantitative estimate of drug-likeness (QED) is 0.626. The van der Waals surface area contributed by atoms with Gasteiger partial charge in [-0.15, -0.1) is 0 Å². The molecule has 0 radical (unpaired) electrons. The Balaban J connectivity index is 1.84. The van der Waals surface area contributed by atoms with Gasteiger partial charge in [-0.05, 0) is 49.1 Å². The predicted molar refractivity (Wildman–Crippen MR) is 123 cm³/mol. The van der Waals surface area contributed by atoms with E-state index in [1.807, 2.05) is 13.0 Å². The van der Waals surface area contributed by atoms with Gasteiger partial charge in [0.1, 0.15) is 5.75 Å². The third-order valence-corrected chi connectivity index (χ3v) is 7.51. The zero-order chi connectivity index (χ0) is 22.4. The van der Waals surface area contributed by atoms with Crippen LogP contribution in [0.15, 0.2) is 53.4 Å². The van der Waals surface area contributed by atoms with Crippen molar-refractivity contribution in [1.29, 1.82) is 0 Å². The molecule has 7 heteroatoms. The molecule has 3 rings (SSSR count). The number of sulfonamides is 1. The smallest absolute Gasteiger partial charge is 0.264 e. The number of fused-ring (bicyclic) bond motifs is 1. The lowest BCUT2D eigenvalue weighted by molar-refractivity contribution is -0.127. The number of anilines is 1. The molecule has 1 aliphatic heterocycles. The lowest BCUT2D eigenvalue weighted by Gasteiger charge is -2.35. The molecule has 0 bridgehead atoms. The second-order valence-electron chi connectivity index (χ2n) is 8.09. The number of rotatable bonds is 9. The van der Waals surface area contributed by atoms with E-state index >= 15 is 0 Å². The summed E-state index contributed by atoms with van der Waals surface area (Å²) >= 11 is 0. The van der Waals surface area contributed by atoms with Crippen LogP contribution in [0.4, 0.5) is 5.69 Å². The summed E-state index contributed by atoms with van der Waals surface area (Å²) in [5, 5.41) is 2.98. The van der Waals surface area contributed by atoms with Gasteiger partial charge in [0.15, 0.2) is 6.10 Å². The first kappa shape index (κ1) is 23.1. The minimum absolute atomic E-state index is 0.0642. The molecule has 1 amide bonds. The van der Waals surface area contributed by atoms with Gasteiger partial charge in [-0.3, -0.25) is 9.10 Å². The van der Waals surface area contributed by atoms with E-state index in [4.69, 9.17) is 4.74 Å². The van der Waals surface area contributed by atoms with Gasteiger partial charge in [-0.25, -0.2) is 8.42 Å². The van der Waals surface area contributed by atoms with E-state index in [9.17, 15) is 13.2 Å². The molecule has 1 aliphatic rings. The molecular weight excluding hydrogens is 412 g/mol. The van der Waals surface area contributed by atoms with Crippen molar-refractivity contribution in [1.82, 2.24) is 5.32 Å². The molecule has 2 aromatic carbocycles. The van der Waals surface area contributed by atoms with Gasteiger partial charge in [0.2, 0.25) is 0 Å². The Bertz CT molecular complexity index is 992. The Kier molecular flexibility index (Phi) is 7.59. The van der Waals surface area contributed by atoms with Gasteiger partial charge in [0, 0.05) is 6.54 Å². The molecule has 2 atom stereocenters. The normalized spacial score (nSPS) is 16.9. The Morgan fingerprint density at radius 3 is 2.61 bits per heavy atom. The van der Waals surface area contributed by atoms with Crippen molar-refractivity contribution in [2.75, 3.05) is 17.4 Å². The van der Waals surface area contributed by atoms with Crippen LogP contribution in [0.5, 0.6) is 5.75 Å². The number of hydrogen-bond donors (Lipinski definition) is 1. The predicted octanol–water partition coefficient (Wildman–Crippen LogP) is 4.28. The van der Waals surface area contributed by atoms with Crippen molar-refractivity contribution < 1.29 is 17.9 Å². The number of carbonyl (C=O) groups is 1. The number of ether oxygens (including phenoxy) is 1. The number of benzene rings is 2. The number of unbranched alkanes of at least 4 members (excludes halogenated alkanes) is 1. The van der Waals surface area contributed by atoms with Crippen molar-refractivity contribution in [2.24, 2.45) is 5.92 Å². The first-order valence-corrected chi connectivity index (χ1v) is 12.4. The molecule has 0 fully saturated rings. The maximum Gasteiger partial charge on any atom is 0.264 e. The van der Waals surface area contributed by atoms with E-state index in [1.165, 1.54) is 4.31 Å². The van der Waals surface area contributed by atoms with Crippen molar-refractivity contribution >= 4 is 21.6 Å². The molecule has 168 valence electrons. The summed E-state index contributed by atoms with van der Waals surface area (Å²) in [5.74, 6) is 0.524. The summed E-state index contributed by atoms with van der Waals surface area (Å²) in [7, 11) is -3.83. The second-order valence-corrected chi connectivity index (χ2v) is 9.95. The van der Waals surface area contributed by atoms with Crippen LogP contribution in [0.2, 0.25) is 0 Å². The summed E-state index contributed by atoms with van der Waals surface area (Å²) in [6.07, 6.45) is 3.40. The number of nitrogens with one attached hydrogen (secondary N) is 1. The van der Waals surface area contributed by atoms with Gasteiger partial charge >= 0.3 is 0 Å². The van der Waals surface area contributed by atoms with E-state index < -0.39 is 16.1 Å². The van der Waals surface area contributed by atoms with Gasteiger partial charge in [-0.2, -0.15) is 0 Å². The molecule has 0 aliphatic carbocycles. The highest BCUT2D eigenvalue weighted by atomic mass is 32.2. The number of nitrogens with zero attached hydrogens (tertiary/aromatic N) is 1. The van der Waals surface area contributed by atoms with Gasteiger partial charge in [0.25, 0.3) is 15.9 Å². The summed E-state index contributed by atoms with van der Waals surface area (Å²) in [5.41, 5.74) is 1.38. The number of carbonyl (C=O) groups excluding carboxylic acids is 1. The van der Waals surface area contributed by atoms with Crippen LogP contribution in [0, 0.1) is 12.8 Å². The van der Waals surface area contributed by atoms with E-state index in [0.717, 1.165) is 31.2 Å². The van der Waals surface area contributed by atoms with E-state index in [-0.39, 0.29) is 17.3 Å². The minimum Gasteiger partial charge on any atom is -0.476 e. The molecule has 0 spiro atoms. The maximum absolute atomic E-state index is 13.4. The minimum atomic E-state index is -3.83. The number of aryl methyl sites for hydroxylation is 1. The molecule has 0 unspecified atom stereocenters. The fraction of sp³-hybridized carbons (Fsp3) is 0.458. The van der Waals surface area contributed by atoms with Gasteiger partial charge in [-0.1, -0.05) is 57.4 Å². The Labute approximate surface area is 185 Å². The van der Waals surface area contributed by atoms with Crippen LogP contribution in [0.1, 0.15) is 45.1 Å². The van der Waals surface area contributed by atoms with Crippen LogP contribution < -0.4 is 14.4 Å². The number of amides is 1. The molecule has 1 N–H and O–H groups in total. The first-order chi connectivity index (χ1) is 14.9. The Hall–Kier alpha value is -2.54. The highest BCUT2D eigenvalue weighted by Gasteiger charge is 2.37. The zero-order valence-electron chi connectivity index (χ0n) is 18.5. The number of hydrogen-bond acceptors (Lipinski definition) is 4. The molecule has 0 saturated carbocycles. The average Bonchev–Trinajstić information content (AvgIpc) is 2.78. The van der Waals surface area contributed by atoms with Crippen LogP contribution in [-0.2, 0) is 14.8 Å². The fourth-order valence-corrected chi connectivity index (χ4v) is 5.24. The largest absolute Gasteiger partial charge is 0.476 e. The van der Waals surface area contributed by atoms with E-state index in [1.54, 1.807) is 42.5 Å². The third kappa shape index (κ3) is 5.39. The average molecular weight is 445 g/mol. The van der Waals surface area contributed by atoms with Crippen LogP contribution in [0.25, 0.3) is 0 Å². The molecule has 0 aromatic heterocycles. The standard InChI is InChI=1S/C24H32N2O4S/c1-4-6-10-19(5-2)16-25-24(27)23-17-26(21-15-18(3)13-14-22(21)30-23)31(28,29)20-11-8-7-9-12-20/h7-9,11-15,19,23H,4-6,10,16-17H2,1-3H3,(H,25,27)/t19-,23-/m0/s1. The monoisotopic (exact) mass is 444 g/mol. The van der Waals surface area contributed by atoms with Crippen LogP contribution in [-0.4, -0.2) is 33.5 Å². The van der Waals surface area contributed by atoms with E-state index in [2.05, 4.69) is 19.2 Å². The summed E-state index contributed by atoms with van der Waals surface area (Å²) in [4.78, 5) is 13.1. The molecule has 6 nitrogen and oxygen atoms in total. The lowest BCUT2D eigenvalue weighted by Crippen LogP contribution is -2.51. The highest BCUT2D eigenvalue weighted by Crippen LogP contribution is 2.37. The molecule has 0 saturated heterocycles. The van der Waals surface area contributed by atoms with Gasteiger partial charge in [0.05, 0.1) is 17.1 Å². The molecular formula is C24H32N2O4S. The van der Waals surface area contributed by atoms with Crippen molar-refractivity contribution in [3.63, 3.8) is 0 Å².